The van der Waals surface area contributed by atoms with Gasteiger partial charge in [-0.1, -0.05) is 30.3 Å². The van der Waals surface area contributed by atoms with E-state index >= 15 is 0 Å². The molecule has 4 heteroatoms. The number of esters is 1. The third kappa shape index (κ3) is 2.46. The summed E-state index contributed by atoms with van der Waals surface area (Å²) >= 11 is 0. The molecule has 1 fully saturated rings. The first-order valence-electron chi connectivity index (χ1n) is 5.63. The summed E-state index contributed by atoms with van der Waals surface area (Å²) in [5.74, 6) is -1.16. The molecule has 1 aliphatic heterocycles. The molecule has 1 aromatic rings. The lowest BCUT2D eigenvalue weighted by atomic mass is 10.1. The predicted molar refractivity (Wildman–Crippen MR) is 62.0 cm³/mol. The van der Waals surface area contributed by atoms with Crippen molar-refractivity contribution in [2.75, 3.05) is 13.7 Å². The number of nitrogens with zero attached hydrogens (tertiary/aromatic N) is 1. The molecule has 1 heterocycles. The van der Waals surface area contributed by atoms with Gasteiger partial charge < -0.3 is 9.64 Å². The summed E-state index contributed by atoms with van der Waals surface area (Å²) in [6, 6.07) is 9.76. The summed E-state index contributed by atoms with van der Waals surface area (Å²) in [4.78, 5) is 25.0. The van der Waals surface area contributed by atoms with Gasteiger partial charge in [-0.25, -0.2) is 0 Å². The van der Waals surface area contributed by atoms with Gasteiger partial charge in [0.15, 0.2) is 0 Å². The first-order chi connectivity index (χ1) is 8.22. The van der Waals surface area contributed by atoms with Crippen LogP contribution < -0.4 is 0 Å². The molecule has 4 nitrogen and oxygen atoms in total. The Hall–Kier alpha value is -1.84. The summed E-state index contributed by atoms with van der Waals surface area (Å²) in [5.41, 5.74) is 1.08. The van der Waals surface area contributed by atoms with E-state index in [0.717, 1.165) is 5.56 Å². The van der Waals surface area contributed by atoms with Gasteiger partial charge in [0.2, 0.25) is 5.91 Å². The zero-order valence-electron chi connectivity index (χ0n) is 9.76. The third-order valence-electron chi connectivity index (χ3n) is 3.00. The molecule has 90 valence electrons. The summed E-state index contributed by atoms with van der Waals surface area (Å²) < 4.78 is 4.62. The van der Waals surface area contributed by atoms with Crippen molar-refractivity contribution in [2.24, 2.45) is 5.92 Å². The van der Waals surface area contributed by atoms with Gasteiger partial charge in [0.1, 0.15) is 5.92 Å². The lowest BCUT2D eigenvalue weighted by Gasteiger charge is -2.16. The molecule has 17 heavy (non-hydrogen) atoms. The second-order valence-electron chi connectivity index (χ2n) is 4.11. The molecular formula is C13H15NO3. The minimum absolute atomic E-state index is 0.124. The lowest BCUT2D eigenvalue weighted by Crippen LogP contribution is -2.30. The molecule has 0 radical (unpaired) electrons. The van der Waals surface area contributed by atoms with Crippen LogP contribution in [0.2, 0.25) is 0 Å². The molecule has 0 bridgehead atoms. The van der Waals surface area contributed by atoms with Crippen LogP contribution >= 0.6 is 0 Å². The Bertz CT molecular complexity index is 416. The van der Waals surface area contributed by atoms with E-state index in [1.807, 2.05) is 30.3 Å². The Kier molecular flexibility index (Phi) is 3.42. The number of carbonyl (C=O) groups is 2. The van der Waals surface area contributed by atoms with Crippen molar-refractivity contribution in [2.45, 2.75) is 13.0 Å². The number of ether oxygens (including phenoxy) is 1. The molecule has 1 aliphatic rings. The molecule has 0 saturated carbocycles. The van der Waals surface area contributed by atoms with Crippen LogP contribution in [0.25, 0.3) is 0 Å². The molecule has 1 atom stereocenters. The Morgan fingerprint density at radius 3 is 2.76 bits per heavy atom. The van der Waals surface area contributed by atoms with Crippen molar-refractivity contribution in [1.29, 1.82) is 0 Å². The summed E-state index contributed by atoms with van der Waals surface area (Å²) in [5, 5.41) is 0. The highest BCUT2D eigenvalue weighted by Crippen LogP contribution is 2.21. The van der Waals surface area contributed by atoms with Gasteiger partial charge in [-0.15, -0.1) is 0 Å². The monoisotopic (exact) mass is 233 g/mol. The number of methoxy groups -OCH3 is 1. The molecule has 2 rings (SSSR count). The van der Waals surface area contributed by atoms with E-state index in [0.29, 0.717) is 19.5 Å². The lowest BCUT2D eigenvalue weighted by molar-refractivity contribution is -0.150. The third-order valence-corrected chi connectivity index (χ3v) is 3.00. The van der Waals surface area contributed by atoms with Crippen LogP contribution in [0.3, 0.4) is 0 Å². The Morgan fingerprint density at radius 1 is 1.41 bits per heavy atom. The van der Waals surface area contributed by atoms with Gasteiger partial charge >= 0.3 is 5.97 Å². The van der Waals surface area contributed by atoms with Crippen molar-refractivity contribution in [3.63, 3.8) is 0 Å². The summed E-state index contributed by atoms with van der Waals surface area (Å²) in [6.07, 6.45) is 0.554. The number of hydrogen-bond acceptors (Lipinski definition) is 3. The van der Waals surface area contributed by atoms with Gasteiger partial charge in [0.05, 0.1) is 7.11 Å². The number of rotatable bonds is 3. The van der Waals surface area contributed by atoms with Crippen LogP contribution in [-0.2, 0) is 20.9 Å². The van der Waals surface area contributed by atoms with E-state index in [9.17, 15) is 9.59 Å². The molecular weight excluding hydrogens is 218 g/mol. The molecule has 1 amide bonds. The standard InChI is InChI=1S/C13H15NO3/c1-17-13(16)11-7-8-14(12(11)15)9-10-5-3-2-4-6-10/h2-6,11H,7-9H2,1H3. The second-order valence-corrected chi connectivity index (χ2v) is 4.11. The maximum Gasteiger partial charge on any atom is 0.318 e. The highest BCUT2D eigenvalue weighted by atomic mass is 16.5. The molecule has 0 N–H and O–H groups in total. The fraction of sp³-hybridized carbons (Fsp3) is 0.385. The average Bonchev–Trinajstić information content (AvgIpc) is 2.72. The van der Waals surface area contributed by atoms with E-state index < -0.39 is 11.9 Å². The van der Waals surface area contributed by atoms with Crippen molar-refractivity contribution in [3.05, 3.63) is 35.9 Å². The number of carbonyl (C=O) groups excluding carboxylic acids is 2. The zero-order valence-corrected chi connectivity index (χ0v) is 9.76. The molecule has 1 unspecified atom stereocenters. The van der Waals surface area contributed by atoms with Crippen LogP contribution in [0, 0.1) is 5.92 Å². The highest BCUT2D eigenvalue weighted by molar-refractivity contribution is 5.99. The maximum atomic E-state index is 11.9. The number of amides is 1. The van der Waals surface area contributed by atoms with E-state index in [-0.39, 0.29) is 5.91 Å². The van der Waals surface area contributed by atoms with Gasteiger partial charge in [-0.3, -0.25) is 9.59 Å². The normalized spacial score (nSPS) is 19.5. The maximum absolute atomic E-state index is 11.9. The van der Waals surface area contributed by atoms with Crippen molar-refractivity contribution >= 4 is 11.9 Å². The van der Waals surface area contributed by atoms with E-state index in [2.05, 4.69) is 4.74 Å². The SMILES string of the molecule is COC(=O)C1CCN(Cc2ccccc2)C1=O. The fourth-order valence-electron chi connectivity index (χ4n) is 2.06. The molecule has 1 saturated heterocycles. The minimum Gasteiger partial charge on any atom is -0.468 e. The van der Waals surface area contributed by atoms with Crippen LogP contribution in [-0.4, -0.2) is 30.4 Å². The van der Waals surface area contributed by atoms with Gasteiger partial charge in [-0.2, -0.15) is 0 Å². The Labute approximate surface area is 100 Å². The number of benzene rings is 1. The number of hydrogen-bond donors (Lipinski definition) is 0. The first-order valence-corrected chi connectivity index (χ1v) is 5.63. The average molecular weight is 233 g/mol. The van der Waals surface area contributed by atoms with E-state index in [1.165, 1.54) is 7.11 Å². The van der Waals surface area contributed by atoms with Crippen molar-refractivity contribution in [1.82, 2.24) is 4.90 Å². The summed E-state index contributed by atoms with van der Waals surface area (Å²) in [7, 11) is 1.31. The second kappa shape index (κ2) is 4.99. The predicted octanol–water partition coefficient (Wildman–Crippen LogP) is 1.21. The van der Waals surface area contributed by atoms with Crippen molar-refractivity contribution < 1.29 is 14.3 Å². The Balaban J connectivity index is 2.01. The first kappa shape index (κ1) is 11.6. The summed E-state index contributed by atoms with van der Waals surface area (Å²) in [6.45, 7) is 1.18. The zero-order chi connectivity index (χ0) is 12.3. The molecule has 0 spiro atoms. The number of likely N-dealkylation sites (tertiary alicyclic amines) is 1. The topological polar surface area (TPSA) is 46.6 Å². The fourth-order valence-corrected chi connectivity index (χ4v) is 2.06. The van der Waals surface area contributed by atoms with Crippen LogP contribution in [0.1, 0.15) is 12.0 Å². The van der Waals surface area contributed by atoms with Crippen LogP contribution in [0.4, 0.5) is 0 Å². The van der Waals surface area contributed by atoms with Crippen LogP contribution in [0.5, 0.6) is 0 Å². The Morgan fingerprint density at radius 2 is 2.12 bits per heavy atom. The van der Waals surface area contributed by atoms with Gasteiger partial charge in [-0.05, 0) is 12.0 Å². The molecule has 1 aromatic carbocycles. The molecule has 0 aliphatic carbocycles. The van der Waals surface area contributed by atoms with Crippen molar-refractivity contribution in [3.8, 4) is 0 Å². The van der Waals surface area contributed by atoms with Gasteiger partial charge in [0, 0.05) is 13.1 Å². The minimum atomic E-state index is -0.608. The quantitative estimate of drug-likeness (QED) is 0.582. The highest BCUT2D eigenvalue weighted by Gasteiger charge is 2.37. The van der Waals surface area contributed by atoms with Crippen LogP contribution in [0.15, 0.2) is 30.3 Å². The van der Waals surface area contributed by atoms with E-state index in [4.69, 9.17) is 0 Å². The molecule has 0 aromatic heterocycles. The van der Waals surface area contributed by atoms with Gasteiger partial charge in [0.25, 0.3) is 0 Å². The smallest absolute Gasteiger partial charge is 0.318 e. The van der Waals surface area contributed by atoms with E-state index in [1.54, 1.807) is 4.90 Å². The largest absolute Gasteiger partial charge is 0.468 e.